The maximum Gasteiger partial charge on any atom is 0.0827 e. The van der Waals surface area contributed by atoms with Gasteiger partial charge in [-0.05, 0) is 38.3 Å². The number of β-amino-alcohol motifs (C(OH)–C–C–N with tert-alkyl or cyclic N) is 1. The van der Waals surface area contributed by atoms with Crippen molar-refractivity contribution < 1.29 is 5.11 Å². The molecule has 1 aromatic heterocycles. The van der Waals surface area contributed by atoms with Gasteiger partial charge in [-0.15, -0.1) is 0 Å². The summed E-state index contributed by atoms with van der Waals surface area (Å²) in [4.78, 5) is 0. The van der Waals surface area contributed by atoms with Crippen LogP contribution in [0.5, 0.6) is 0 Å². The first-order valence-electron chi connectivity index (χ1n) is 7.72. The highest BCUT2D eigenvalue weighted by Crippen LogP contribution is 2.28. The van der Waals surface area contributed by atoms with E-state index in [1.165, 1.54) is 32.1 Å². The van der Waals surface area contributed by atoms with Crippen molar-refractivity contribution in [2.24, 2.45) is 0 Å². The number of piperidine rings is 1. The van der Waals surface area contributed by atoms with Crippen molar-refractivity contribution in [1.29, 1.82) is 0 Å². The lowest BCUT2D eigenvalue weighted by atomic mass is 9.89. The minimum Gasteiger partial charge on any atom is -0.388 e. The molecule has 0 bridgehead atoms. The largest absolute Gasteiger partial charge is 0.388 e. The predicted molar refractivity (Wildman–Crippen MR) is 75.1 cm³/mol. The zero-order valence-electron chi connectivity index (χ0n) is 11.6. The van der Waals surface area contributed by atoms with Crippen molar-refractivity contribution in [1.82, 2.24) is 15.1 Å². The standard InChI is InChI=1S/C15H25N3O/c19-15(8-4-9-16-12-15)11-13-7-10-18(17-13)14-5-2-1-3-6-14/h7,10,14,16,19H,1-6,8-9,11-12H2. The molecular formula is C15H25N3O. The lowest BCUT2D eigenvalue weighted by molar-refractivity contribution is 0.0159. The van der Waals surface area contributed by atoms with Gasteiger partial charge < -0.3 is 10.4 Å². The Labute approximate surface area is 115 Å². The highest BCUT2D eigenvalue weighted by atomic mass is 16.3. The Bertz CT molecular complexity index is 403. The Morgan fingerprint density at radius 3 is 2.89 bits per heavy atom. The molecule has 1 aromatic rings. The number of nitrogens with zero attached hydrogens (tertiary/aromatic N) is 2. The Morgan fingerprint density at radius 2 is 2.16 bits per heavy atom. The van der Waals surface area contributed by atoms with Crippen LogP contribution in [0, 0.1) is 0 Å². The van der Waals surface area contributed by atoms with Crippen LogP contribution in [0.2, 0.25) is 0 Å². The van der Waals surface area contributed by atoms with Crippen LogP contribution in [-0.2, 0) is 6.42 Å². The molecule has 0 radical (unpaired) electrons. The van der Waals surface area contributed by atoms with Gasteiger partial charge in [0, 0.05) is 19.2 Å². The van der Waals surface area contributed by atoms with Gasteiger partial charge in [0.05, 0.1) is 17.3 Å². The first-order chi connectivity index (χ1) is 9.25. The van der Waals surface area contributed by atoms with Gasteiger partial charge in [-0.25, -0.2) is 0 Å². The minimum absolute atomic E-state index is 0.585. The SMILES string of the molecule is OC1(Cc2ccn(C3CCCCC3)n2)CCCNC1. The summed E-state index contributed by atoms with van der Waals surface area (Å²) >= 11 is 0. The first-order valence-corrected chi connectivity index (χ1v) is 7.72. The molecule has 0 aromatic carbocycles. The van der Waals surface area contributed by atoms with Crippen molar-refractivity contribution in [2.75, 3.05) is 13.1 Å². The average Bonchev–Trinajstić information content (AvgIpc) is 2.88. The minimum atomic E-state index is -0.593. The number of rotatable bonds is 3. The molecule has 2 aliphatic rings. The summed E-state index contributed by atoms with van der Waals surface area (Å²) in [7, 11) is 0. The highest BCUT2D eigenvalue weighted by molar-refractivity contribution is 5.06. The average molecular weight is 263 g/mol. The van der Waals surface area contributed by atoms with Crippen LogP contribution in [0.25, 0.3) is 0 Å². The van der Waals surface area contributed by atoms with Crippen molar-refractivity contribution in [2.45, 2.75) is 63.0 Å². The van der Waals surface area contributed by atoms with Gasteiger partial charge in [0.2, 0.25) is 0 Å². The molecule has 4 nitrogen and oxygen atoms in total. The zero-order chi connectivity index (χ0) is 13.1. The van der Waals surface area contributed by atoms with E-state index in [2.05, 4.69) is 22.3 Å². The lowest BCUT2D eigenvalue weighted by Crippen LogP contribution is -2.47. The highest BCUT2D eigenvalue weighted by Gasteiger charge is 2.30. The van der Waals surface area contributed by atoms with E-state index in [1.54, 1.807) is 0 Å². The maximum absolute atomic E-state index is 10.5. The second kappa shape index (κ2) is 5.63. The summed E-state index contributed by atoms with van der Waals surface area (Å²) < 4.78 is 2.13. The van der Waals surface area contributed by atoms with Crippen LogP contribution >= 0.6 is 0 Å². The topological polar surface area (TPSA) is 50.1 Å². The van der Waals surface area contributed by atoms with Gasteiger partial charge in [-0.1, -0.05) is 19.3 Å². The number of aliphatic hydroxyl groups is 1. The maximum atomic E-state index is 10.5. The van der Waals surface area contributed by atoms with E-state index in [0.29, 0.717) is 19.0 Å². The number of aromatic nitrogens is 2. The van der Waals surface area contributed by atoms with E-state index in [4.69, 9.17) is 5.10 Å². The second-order valence-corrected chi connectivity index (χ2v) is 6.26. The van der Waals surface area contributed by atoms with Gasteiger partial charge in [-0.3, -0.25) is 4.68 Å². The molecule has 19 heavy (non-hydrogen) atoms. The van der Waals surface area contributed by atoms with Crippen molar-refractivity contribution in [3.63, 3.8) is 0 Å². The first kappa shape index (κ1) is 13.1. The van der Waals surface area contributed by atoms with Crippen LogP contribution in [0.3, 0.4) is 0 Å². The van der Waals surface area contributed by atoms with Crippen LogP contribution in [0.15, 0.2) is 12.3 Å². The third-order valence-corrected chi connectivity index (χ3v) is 4.57. The van der Waals surface area contributed by atoms with Gasteiger partial charge in [-0.2, -0.15) is 5.10 Å². The van der Waals surface area contributed by atoms with Crippen LogP contribution in [0.1, 0.15) is 56.7 Å². The molecule has 0 amide bonds. The number of nitrogens with one attached hydrogen (secondary N) is 1. The number of hydrogen-bond acceptors (Lipinski definition) is 3. The van der Waals surface area contributed by atoms with Gasteiger partial charge >= 0.3 is 0 Å². The van der Waals surface area contributed by atoms with Gasteiger partial charge in [0.1, 0.15) is 0 Å². The molecule has 2 fully saturated rings. The summed E-state index contributed by atoms with van der Waals surface area (Å²) in [5.41, 5.74) is 0.445. The molecular weight excluding hydrogens is 238 g/mol. The van der Waals surface area contributed by atoms with E-state index in [9.17, 15) is 5.11 Å². The van der Waals surface area contributed by atoms with Gasteiger partial charge in [0.25, 0.3) is 0 Å². The molecule has 1 atom stereocenters. The third kappa shape index (κ3) is 3.18. The Balaban J connectivity index is 1.63. The smallest absolute Gasteiger partial charge is 0.0827 e. The van der Waals surface area contributed by atoms with E-state index < -0.39 is 5.60 Å². The summed E-state index contributed by atoms with van der Waals surface area (Å²) in [5, 5.41) is 18.5. The molecule has 4 heteroatoms. The van der Waals surface area contributed by atoms with Crippen LogP contribution in [-0.4, -0.2) is 33.6 Å². The Hall–Kier alpha value is -0.870. The second-order valence-electron chi connectivity index (χ2n) is 6.26. The fourth-order valence-electron chi connectivity index (χ4n) is 3.46. The van der Waals surface area contributed by atoms with E-state index in [-0.39, 0.29) is 0 Å². The quantitative estimate of drug-likeness (QED) is 0.877. The monoisotopic (exact) mass is 263 g/mol. The Kier molecular flexibility index (Phi) is 3.89. The molecule has 2 heterocycles. The van der Waals surface area contributed by atoms with E-state index in [1.807, 2.05) is 0 Å². The molecule has 1 saturated heterocycles. The molecule has 3 rings (SSSR count). The molecule has 1 aliphatic carbocycles. The number of hydrogen-bond donors (Lipinski definition) is 2. The fraction of sp³-hybridized carbons (Fsp3) is 0.800. The predicted octanol–water partition coefficient (Wildman–Crippen LogP) is 2.05. The molecule has 1 saturated carbocycles. The van der Waals surface area contributed by atoms with Crippen LogP contribution < -0.4 is 5.32 Å². The summed E-state index contributed by atoms with van der Waals surface area (Å²) in [6.07, 6.45) is 11.3. The normalized spacial score (nSPS) is 29.5. The third-order valence-electron chi connectivity index (χ3n) is 4.57. The summed E-state index contributed by atoms with van der Waals surface area (Å²) in [5.74, 6) is 0. The fourth-order valence-corrected chi connectivity index (χ4v) is 3.46. The summed E-state index contributed by atoms with van der Waals surface area (Å²) in [6.45, 7) is 1.72. The molecule has 1 aliphatic heterocycles. The molecule has 1 unspecified atom stereocenters. The zero-order valence-corrected chi connectivity index (χ0v) is 11.6. The van der Waals surface area contributed by atoms with Gasteiger partial charge in [0.15, 0.2) is 0 Å². The van der Waals surface area contributed by atoms with E-state index >= 15 is 0 Å². The summed E-state index contributed by atoms with van der Waals surface area (Å²) in [6, 6.07) is 2.67. The van der Waals surface area contributed by atoms with Crippen molar-refractivity contribution in [3.8, 4) is 0 Å². The van der Waals surface area contributed by atoms with Crippen LogP contribution in [0.4, 0.5) is 0 Å². The molecule has 0 spiro atoms. The van der Waals surface area contributed by atoms with E-state index in [0.717, 1.165) is 25.1 Å². The molecule has 2 N–H and O–H groups in total. The van der Waals surface area contributed by atoms with Crippen molar-refractivity contribution >= 4 is 0 Å². The molecule has 106 valence electrons. The van der Waals surface area contributed by atoms with Crippen molar-refractivity contribution in [3.05, 3.63) is 18.0 Å². The Morgan fingerprint density at radius 1 is 1.32 bits per heavy atom. The lowest BCUT2D eigenvalue weighted by Gasteiger charge is -2.32.